The first-order valence-electron chi connectivity index (χ1n) is 5.71. The molecule has 1 aromatic rings. The standard InChI is InChI=1S/C13H17N3O2/c1-3-9-15-13(18)16-11-7-5-10(6-8-11)12(17)14-4-2/h3,5-8H,1,4,9H2,2H3,(H,14,17)(H2,15,16,18). The summed E-state index contributed by atoms with van der Waals surface area (Å²) in [5.41, 5.74) is 1.19. The quantitative estimate of drug-likeness (QED) is 0.694. The first-order valence-corrected chi connectivity index (χ1v) is 5.71. The van der Waals surface area contributed by atoms with Gasteiger partial charge in [-0.3, -0.25) is 4.79 Å². The average Bonchev–Trinajstić information content (AvgIpc) is 2.37. The number of carbonyl (C=O) groups excluding carboxylic acids is 2. The molecular weight excluding hydrogens is 230 g/mol. The van der Waals surface area contributed by atoms with Crippen molar-refractivity contribution in [3.63, 3.8) is 0 Å². The van der Waals surface area contributed by atoms with Gasteiger partial charge in [-0.15, -0.1) is 6.58 Å². The van der Waals surface area contributed by atoms with E-state index in [4.69, 9.17) is 0 Å². The fraction of sp³-hybridized carbons (Fsp3) is 0.231. The van der Waals surface area contributed by atoms with Crippen LogP contribution in [0, 0.1) is 0 Å². The molecule has 3 N–H and O–H groups in total. The molecule has 0 fully saturated rings. The molecule has 0 bridgehead atoms. The Balaban J connectivity index is 2.57. The summed E-state index contributed by atoms with van der Waals surface area (Å²) in [7, 11) is 0. The molecule has 3 amide bonds. The van der Waals surface area contributed by atoms with Gasteiger partial charge in [-0.1, -0.05) is 6.08 Å². The third kappa shape index (κ3) is 4.29. The van der Waals surface area contributed by atoms with E-state index in [-0.39, 0.29) is 11.9 Å². The van der Waals surface area contributed by atoms with Crippen LogP contribution in [0.5, 0.6) is 0 Å². The first-order chi connectivity index (χ1) is 8.67. The van der Waals surface area contributed by atoms with Crippen LogP contribution in [0.15, 0.2) is 36.9 Å². The van der Waals surface area contributed by atoms with E-state index in [1.54, 1.807) is 30.3 Å². The Morgan fingerprint density at radius 3 is 2.44 bits per heavy atom. The number of benzene rings is 1. The molecule has 0 unspecified atom stereocenters. The largest absolute Gasteiger partial charge is 0.352 e. The number of nitrogens with one attached hydrogen (secondary N) is 3. The predicted molar refractivity (Wildman–Crippen MR) is 71.7 cm³/mol. The molecule has 0 heterocycles. The average molecular weight is 247 g/mol. The van der Waals surface area contributed by atoms with Crippen LogP contribution in [0.25, 0.3) is 0 Å². The summed E-state index contributed by atoms with van der Waals surface area (Å²) >= 11 is 0. The van der Waals surface area contributed by atoms with Gasteiger partial charge in [0.25, 0.3) is 5.91 Å². The van der Waals surface area contributed by atoms with Gasteiger partial charge in [0.15, 0.2) is 0 Å². The van der Waals surface area contributed by atoms with Crippen LogP contribution in [0.2, 0.25) is 0 Å². The highest BCUT2D eigenvalue weighted by Crippen LogP contribution is 2.09. The molecule has 0 saturated heterocycles. The predicted octanol–water partition coefficient (Wildman–Crippen LogP) is 1.74. The van der Waals surface area contributed by atoms with Crippen LogP contribution in [0.4, 0.5) is 10.5 Å². The number of hydrogen-bond donors (Lipinski definition) is 3. The third-order valence-electron chi connectivity index (χ3n) is 2.15. The lowest BCUT2D eigenvalue weighted by molar-refractivity contribution is 0.0956. The lowest BCUT2D eigenvalue weighted by atomic mass is 10.2. The number of hydrogen-bond acceptors (Lipinski definition) is 2. The Morgan fingerprint density at radius 1 is 1.22 bits per heavy atom. The molecule has 0 atom stereocenters. The van der Waals surface area contributed by atoms with Gasteiger partial charge in [-0.2, -0.15) is 0 Å². The zero-order chi connectivity index (χ0) is 13.4. The number of anilines is 1. The van der Waals surface area contributed by atoms with Crippen LogP contribution in [-0.2, 0) is 0 Å². The Kier molecular flexibility index (Phi) is 5.44. The summed E-state index contributed by atoms with van der Waals surface area (Å²) < 4.78 is 0. The fourth-order valence-corrected chi connectivity index (χ4v) is 1.31. The number of urea groups is 1. The maximum atomic E-state index is 11.5. The van der Waals surface area contributed by atoms with Crippen molar-refractivity contribution in [2.45, 2.75) is 6.92 Å². The monoisotopic (exact) mass is 247 g/mol. The molecule has 0 radical (unpaired) electrons. The zero-order valence-electron chi connectivity index (χ0n) is 10.3. The molecule has 0 aliphatic rings. The Labute approximate surface area is 106 Å². The van der Waals surface area contributed by atoms with Gasteiger partial charge in [0, 0.05) is 24.3 Å². The number of rotatable bonds is 5. The SMILES string of the molecule is C=CCNC(=O)Nc1ccc(C(=O)NCC)cc1. The van der Waals surface area contributed by atoms with E-state index in [9.17, 15) is 9.59 Å². The number of amides is 3. The van der Waals surface area contributed by atoms with Gasteiger partial charge >= 0.3 is 6.03 Å². The summed E-state index contributed by atoms with van der Waals surface area (Å²) in [6.45, 7) is 6.35. The van der Waals surface area contributed by atoms with E-state index in [0.29, 0.717) is 24.3 Å². The van der Waals surface area contributed by atoms with E-state index in [0.717, 1.165) is 0 Å². The molecule has 5 nitrogen and oxygen atoms in total. The first kappa shape index (κ1) is 13.8. The lowest BCUT2D eigenvalue weighted by Gasteiger charge is -2.07. The molecule has 0 aromatic heterocycles. The van der Waals surface area contributed by atoms with Gasteiger partial charge in [0.05, 0.1) is 0 Å². The van der Waals surface area contributed by atoms with Crippen LogP contribution in [0.1, 0.15) is 17.3 Å². The minimum Gasteiger partial charge on any atom is -0.352 e. The highest BCUT2D eigenvalue weighted by Gasteiger charge is 2.04. The maximum Gasteiger partial charge on any atom is 0.319 e. The van der Waals surface area contributed by atoms with Gasteiger partial charge in [0.2, 0.25) is 0 Å². The number of carbonyl (C=O) groups is 2. The highest BCUT2D eigenvalue weighted by molar-refractivity contribution is 5.95. The van der Waals surface area contributed by atoms with Crippen LogP contribution >= 0.6 is 0 Å². The Hall–Kier alpha value is -2.30. The topological polar surface area (TPSA) is 70.2 Å². The van der Waals surface area contributed by atoms with Gasteiger partial charge < -0.3 is 16.0 Å². The maximum absolute atomic E-state index is 11.5. The van der Waals surface area contributed by atoms with Gasteiger partial charge in [0.1, 0.15) is 0 Å². The van der Waals surface area contributed by atoms with E-state index in [1.807, 2.05) is 6.92 Å². The van der Waals surface area contributed by atoms with Gasteiger partial charge in [-0.25, -0.2) is 4.79 Å². The highest BCUT2D eigenvalue weighted by atomic mass is 16.2. The molecular formula is C13H17N3O2. The van der Waals surface area contributed by atoms with Crippen LogP contribution in [-0.4, -0.2) is 25.0 Å². The molecule has 1 rings (SSSR count). The molecule has 0 saturated carbocycles. The molecule has 0 spiro atoms. The van der Waals surface area contributed by atoms with Crippen molar-refractivity contribution >= 4 is 17.6 Å². The zero-order valence-corrected chi connectivity index (χ0v) is 10.3. The minimum absolute atomic E-state index is 0.125. The second-order valence-corrected chi connectivity index (χ2v) is 3.56. The summed E-state index contributed by atoms with van der Waals surface area (Å²) in [4.78, 5) is 22.8. The van der Waals surface area contributed by atoms with Crippen molar-refractivity contribution in [3.8, 4) is 0 Å². The second kappa shape index (κ2) is 7.11. The van der Waals surface area contributed by atoms with Gasteiger partial charge in [-0.05, 0) is 31.2 Å². The Morgan fingerprint density at radius 2 is 1.89 bits per heavy atom. The lowest BCUT2D eigenvalue weighted by Crippen LogP contribution is -2.28. The molecule has 1 aromatic carbocycles. The molecule has 5 heteroatoms. The van der Waals surface area contributed by atoms with Crippen molar-refractivity contribution < 1.29 is 9.59 Å². The fourth-order valence-electron chi connectivity index (χ4n) is 1.31. The van der Waals surface area contributed by atoms with Crippen molar-refractivity contribution in [2.75, 3.05) is 18.4 Å². The van der Waals surface area contributed by atoms with E-state index in [2.05, 4.69) is 22.5 Å². The van der Waals surface area contributed by atoms with Crippen molar-refractivity contribution in [2.24, 2.45) is 0 Å². The van der Waals surface area contributed by atoms with E-state index < -0.39 is 0 Å². The summed E-state index contributed by atoms with van der Waals surface area (Å²) in [6, 6.07) is 6.37. The van der Waals surface area contributed by atoms with Crippen LogP contribution < -0.4 is 16.0 Å². The normalized spacial score (nSPS) is 9.39. The smallest absolute Gasteiger partial charge is 0.319 e. The molecule has 96 valence electrons. The van der Waals surface area contributed by atoms with Crippen molar-refractivity contribution in [1.82, 2.24) is 10.6 Å². The Bertz CT molecular complexity index is 426. The second-order valence-electron chi connectivity index (χ2n) is 3.56. The van der Waals surface area contributed by atoms with Crippen LogP contribution in [0.3, 0.4) is 0 Å². The summed E-state index contributed by atoms with van der Waals surface area (Å²) in [6.07, 6.45) is 1.60. The third-order valence-corrected chi connectivity index (χ3v) is 2.15. The summed E-state index contributed by atoms with van der Waals surface area (Å²) in [5, 5.41) is 7.94. The van der Waals surface area contributed by atoms with E-state index in [1.165, 1.54) is 0 Å². The van der Waals surface area contributed by atoms with Crippen molar-refractivity contribution in [1.29, 1.82) is 0 Å². The molecule has 18 heavy (non-hydrogen) atoms. The molecule has 0 aliphatic heterocycles. The van der Waals surface area contributed by atoms with Crippen molar-refractivity contribution in [3.05, 3.63) is 42.5 Å². The van der Waals surface area contributed by atoms with E-state index >= 15 is 0 Å². The molecule has 0 aliphatic carbocycles. The summed E-state index contributed by atoms with van der Waals surface area (Å²) in [5.74, 6) is -0.125. The minimum atomic E-state index is -0.305.